The molecule has 0 bridgehead atoms. The summed E-state index contributed by atoms with van der Waals surface area (Å²) >= 11 is 0. The van der Waals surface area contributed by atoms with Crippen molar-refractivity contribution in [3.8, 4) is 5.75 Å². The van der Waals surface area contributed by atoms with Crippen molar-refractivity contribution in [2.75, 3.05) is 43.6 Å². The Balaban J connectivity index is 1.51. The summed E-state index contributed by atoms with van der Waals surface area (Å²) in [5, 5.41) is 2.90. The van der Waals surface area contributed by atoms with Crippen molar-refractivity contribution >= 4 is 17.4 Å². The maximum absolute atomic E-state index is 12.9. The molecule has 1 aromatic heterocycles. The van der Waals surface area contributed by atoms with Gasteiger partial charge in [0.15, 0.2) is 5.79 Å². The van der Waals surface area contributed by atoms with Gasteiger partial charge in [-0.05, 0) is 31.5 Å². The summed E-state index contributed by atoms with van der Waals surface area (Å²) in [6, 6.07) is 7.37. The number of carbonyl (C=O) groups excluding carboxylic acids is 1. The van der Waals surface area contributed by atoms with Crippen molar-refractivity contribution in [3.05, 3.63) is 41.3 Å². The van der Waals surface area contributed by atoms with Crippen LogP contribution in [0.15, 0.2) is 24.3 Å². The smallest absolute Gasteiger partial charge is 0.274 e. The fourth-order valence-corrected chi connectivity index (χ4v) is 3.80. The second-order valence-electron chi connectivity index (χ2n) is 7.41. The molecule has 0 saturated carbocycles. The Bertz CT molecular complexity index is 902. The van der Waals surface area contributed by atoms with Gasteiger partial charge in [-0.25, -0.2) is 9.97 Å². The summed E-state index contributed by atoms with van der Waals surface area (Å²) in [6.45, 7) is 6.57. The molecule has 8 nitrogen and oxygen atoms in total. The van der Waals surface area contributed by atoms with Crippen molar-refractivity contribution in [1.29, 1.82) is 0 Å². The van der Waals surface area contributed by atoms with E-state index in [1.54, 1.807) is 20.1 Å². The molecule has 154 valence electrons. The zero-order valence-corrected chi connectivity index (χ0v) is 17.0. The molecule has 29 heavy (non-hydrogen) atoms. The van der Waals surface area contributed by atoms with Gasteiger partial charge in [0.25, 0.3) is 5.91 Å². The Kier molecular flexibility index (Phi) is 5.38. The van der Waals surface area contributed by atoms with Crippen LogP contribution in [-0.2, 0) is 9.47 Å². The third-order valence-electron chi connectivity index (χ3n) is 5.32. The Morgan fingerprint density at radius 1 is 1.14 bits per heavy atom. The first kappa shape index (κ1) is 19.6. The van der Waals surface area contributed by atoms with E-state index in [4.69, 9.17) is 14.2 Å². The predicted molar refractivity (Wildman–Crippen MR) is 109 cm³/mol. The number of aryl methyl sites for hydroxylation is 2. The van der Waals surface area contributed by atoms with Crippen LogP contribution in [0.5, 0.6) is 5.75 Å². The lowest BCUT2D eigenvalue weighted by Gasteiger charge is -2.38. The minimum Gasteiger partial charge on any atom is -0.495 e. The van der Waals surface area contributed by atoms with E-state index in [0.29, 0.717) is 36.2 Å². The maximum Gasteiger partial charge on any atom is 0.274 e. The number of hydrogen-bond donors (Lipinski definition) is 1. The van der Waals surface area contributed by atoms with Gasteiger partial charge in [-0.3, -0.25) is 4.79 Å². The molecule has 2 fully saturated rings. The van der Waals surface area contributed by atoms with Crippen LogP contribution in [0, 0.1) is 13.8 Å². The van der Waals surface area contributed by atoms with Crippen LogP contribution < -0.4 is 15.0 Å². The van der Waals surface area contributed by atoms with Crippen LogP contribution in [0.25, 0.3) is 0 Å². The lowest BCUT2D eigenvalue weighted by atomic mass is 10.0. The van der Waals surface area contributed by atoms with E-state index >= 15 is 0 Å². The molecule has 2 aromatic rings. The number of ether oxygens (including phenoxy) is 3. The summed E-state index contributed by atoms with van der Waals surface area (Å²) in [5.41, 5.74) is 1.97. The normalized spacial score (nSPS) is 18.1. The maximum atomic E-state index is 12.9. The largest absolute Gasteiger partial charge is 0.495 e. The summed E-state index contributed by atoms with van der Waals surface area (Å²) in [4.78, 5) is 23.9. The molecule has 4 rings (SSSR count). The van der Waals surface area contributed by atoms with E-state index in [1.165, 1.54) is 0 Å². The highest BCUT2D eigenvalue weighted by atomic mass is 16.7. The van der Waals surface area contributed by atoms with Gasteiger partial charge in [0.2, 0.25) is 0 Å². The molecule has 8 heteroatoms. The summed E-state index contributed by atoms with van der Waals surface area (Å²) in [5.74, 6) is 1.16. The van der Waals surface area contributed by atoms with Gasteiger partial charge in [0, 0.05) is 32.0 Å². The first-order valence-corrected chi connectivity index (χ1v) is 9.83. The topological polar surface area (TPSA) is 85.8 Å². The molecule has 1 spiro atoms. The number of amides is 1. The molecular formula is C21H26N4O4. The van der Waals surface area contributed by atoms with E-state index in [-0.39, 0.29) is 5.91 Å². The molecule has 0 aliphatic carbocycles. The van der Waals surface area contributed by atoms with Gasteiger partial charge in [-0.2, -0.15) is 0 Å². The molecule has 1 N–H and O–H groups in total. The minimum atomic E-state index is -0.444. The van der Waals surface area contributed by atoms with Crippen molar-refractivity contribution in [2.45, 2.75) is 32.5 Å². The minimum absolute atomic E-state index is 0.295. The highest BCUT2D eigenvalue weighted by molar-refractivity contribution is 6.04. The van der Waals surface area contributed by atoms with Gasteiger partial charge in [-0.1, -0.05) is 6.07 Å². The number of aromatic nitrogens is 2. The molecule has 1 aromatic carbocycles. The molecule has 0 radical (unpaired) electrons. The summed E-state index contributed by atoms with van der Waals surface area (Å²) in [6.07, 6.45) is 1.55. The van der Waals surface area contributed by atoms with Gasteiger partial charge < -0.3 is 24.4 Å². The number of rotatable bonds is 4. The van der Waals surface area contributed by atoms with E-state index in [1.807, 2.05) is 25.1 Å². The summed E-state index contributed by atoms with van der Waals surface area (Å²) in [7, 11) is 1.58. The quantitative estimate of drug-likeness (QED) is 0.847. The molecule has 2 saturated heterocycles. The van der Waals surface area contributed by atoms with Gasteiger partial charge in [0.05, 0.1) is 26.0 Å². The van der Waals surface area contributed by atoms with Crippen LogP contribution in [0.1, 0.15) is 34.7 Å². The Labute approximate surface area is 170 Å². The number of piperidine rings is 1. The van der Waals surface area contributed by atoms with Crippen LogP contribution in [-0.4, -0.2) is 55.1 Å². The number of methoxy groups -OCH3 is 1. The first-order chi connectivity index (χ1) is 14.0. The molecule has 1 amide bonds. The molecule has 0 atom stereocenters. The SMILES string of the molecule is COc1ccc(C)cc1NC(=O)c1cc(N2CCC3(CC2)OCCO3)nc(C)n1. The number of hydrogen-bond acceptors (Lipinski definition) is 7. The van der Waals surface area contributed by atoms with E-state index in [0.717, 1.165) is 37.3 Å². The Hall–Kier alpha value is -2.71. The van der Waals surface area contributed by atoms with Crippen LogP contribution in [0.3, 0.4) is 0 Å². The lowest BCUT2D eigenvalue weighted by Crippen LogP contribution is -2.45. The van der Waals surface area contributed by atoms with E-state index in [2.05, 4.69) is 20.2 Å². The second-order valence-corrected chi connectivity index (χ2v) is 7.41. The predicted octanol–water partition coefficient (Wildman–Crippen LogP) is 2.70. The Morgan fingerprint density at radius 3 is 2.55 bits per heavy atom. The Morgan fingerprint density at radius 2 is 1.86 bits per heavy atom. The second kappa shape index (κ2) is 7.96. The molecule has 3 heterocycles. The van der Waals surface area contributed by atoms with Gasteiger partial charge >= 0.3 is 0 Å². The van der Waals surface area contributed by atoms with Crippen LogP contribution in [0.2, 0.25) is 0 Å². The van der Waals surface area contributed by atoms with Crippen molar-refractivity contribution in [2.24, 2.45) is 0 Å². The number of benzene rings is 1. The van der Waals surface area contributed by atoms with E-state index in [9.17, 15) is 4.79 Å². The van der Waals surface area contributed by atoms with Crippen LogP contribution in [0.4, 0.5) is 11.5 Å². The first-order valence-electron chi connectivity index (χ1n) is 9.83. The third kappa shape index (κ3) is 4.18. The van der Waals surface area contributed by atoms with Crippen LogP contribution >= 0.6 is 0 Å². The average molecular weight is 398 g/mol. The highest BCUT2D eigenvalue weighted by Crippen LogP contribution is 2.33. The van der Waals surface area contributed by atoms with Crippen molar-refractivity contribution in [3.63, 3.8) is 0 Å². The van der Waals surface area contributed by atoms with Gasteiger partial charge in [0.1, 0.15) is 23.1 Å². The van der Waals surface area contributed by atoms with Gasteiger partial charge in [-0.15, -0.1) is 0 Å². The fraction of sp³-hybridized carbons (Fsp3) is 0.476. The molecular weight excluding hydrogens is 372 g/mol. The molecule has 2 aliphatic rings. The lowest BCUT2D eigenvalue weighted by molar-refractivity contribution is -0.169. The molecule has 0 unspecified atom stereocenters. The van der Waals surface area contributed by atoms with Crippen molar-refractivity contribution in [1.82, 2.24) is 9.97 Å². The standard InChI is InChI=1S/C21H26N4O4/c1-14-4-5-18(27-3)16(12-14)24-20(26)17-13-19(23-15(2)22-17)25-8-6-21(7-9-25)28-10-11-29-21/h4-5,12-13H,6-11H2,1-3H3,(H,24,26). The number of carbonyl (C=O) groups is 1. The van der Waals surface area contributed by atoms with E-state index < -0.39 is 5.79 Å². The van der Waals surface area contributed by atoms with Crippen molar-refractivity contribution < 1.29 is 19.0 Å². The average Bonchev–Trinajstić information content (AvgIpc) is 3.16. The third-order valence-corrected chi connectivity index (χ3v) is 5.32. The zero-order valence-electron chi connectivity index (χ0n) is 17.0. The zero-order chi connectivity index (χ0) is 20.4. The fourth-order valence-electron chi connectivity index (χ4n) is 3.80. The number of nitrogens with zero attached hydrogens (tertiary/aromatic N) is 3. The number of nitrogens with one attached hydrogen (secondary N) is 1. The highest BCUT2D eigenvalue weighted by Gasteiger charge is 2.40. The number of anilines is 2. The molecule has 2 aliphatic heterocycles. The monoisotopic (exact) mass is 398 g/mol. The summed E-state index contributed by atoms with van der Waals surface area (Å²) < 4.78 is 16.9.